The zero-order chi connectivity index (χ0) is 9.19. The normalized spacial score (nSPS) is 25.5. The van der Waals surface area contributed by atoms with Crippen LogP contribution in [0.1, 0.15) is 33.6 Å². The van der Waals surface area contributed by atoms with Gasteiger partial charge in [0.15, 0.2) is 0 Å². The van der Waals surface area contributed by atoms with Crippen molar-refractivity contribution in [3.8, 4) is 0 Å². The summed E-state index contributed by atoms with van der Waals surface area (Å²) in [5.74, 6) is 0. The van der Waals surface area contributed by atoms with Gasteiger partial charge >= 0.3 is 0 Å². The summed E-state index contributed by atoms with van der Waals surface area (Å²) in [7, 11) is 0. The molecule has 0 aromatic carbocycles. The SMILES string of the molecule is CC(C)(C)CCN1CCC1CN. The lowest BCUT2D eigenvalue weighted by atomic mass is 9.90. The first kappa shape index (κ1) is 10.0. The lowest BCUT2D eigenvalue weighted by Gasteiger charge is -2.41. The van der Waals surface area contributed by atoms with Crippen LogP contribution >= 0.6 is 0 Å². The highest BCUT2D eigenvalue weighted by Gasteiger charge is 2.26. The van der Waals surface area contributed by atoms with Gasteiger partial charge in [-0.25, -0.2) is 0 Å². The Labute approximate surface area is 76.1 Å². The molecule has 1 atom stereocenters. The van der Waals surface area contributed by atoms with Crippen LogP contribution < -0.4 is 5.73 Å². The van der Waals surface area contributed by atoms with Crippen molar-refractivity contribution >= 4 is 0 Å². The van der Waals surface area contributed by atoms with Crippen molar-refractivity contribution in [3.05, 3.63) is 0 Å². The minimum Gasteiger partial charge on any atom is -0.329 e. The Morgan fingerprint density at radius 3 is 2.42 bits per heavy atom. The average Bonchev–Trinajstić information content (AvgIpc) is 1.83. The molecule has 1 aliphatic rings. The fraction of sp³-hybridized carbons (Fsp3) is 1.00. The summed E-state index contributed by atoms with van der Waals surface area (Å²) in [6, 6.07) is 0.687. The third-order valence-electron chi connectivity index (χ3n) is 2.69. The van der Waals surface area contributed by atoms with Crippen molar-refractivity contribution in [1.82, 2.24) is 4.90 Å². The van der Waals surface area contributed by atoms with Crippen LogP contribution in [0.5, 0.6) is 0 Å². The van der Waals surface area contributed by atoms with E-state index in [9.17, 15) is 0 Å². The zero-order valence-electron chi connectivity index (χ0n) is 8.64. The zero-order valence-corrected chi connectivity index (χ0v) is 8.64. The van der Waals surface area contributed by atoms with Crippen molar-refractivity contribution in [3.63, 3.8) is 0 Å². The molecule has 1 aliphatic heterocycles. The van der Waals surface area contributed by atoms with Crippen molar-refractivity contribution in [2.24, 2.45) is 11.1 Å². The molecule has 1 fully saturated rings. The summed E-state index contributed by atoms with van der Waals surface area (Å²) in [5, 5.41) is 0. The molecule has 0 spiro atoms. The van der Waals surface area contributed by atoms with E-state index in [2.05, 4.69) is 25.7 Å². The quantitative estimate of drug-likeness (QED) is 0.694. The van der Waals surface area contributed by atoms with E-state index in [0.29, 0.717) is 11.5 Å². The number of rotatable bonds is 3. The molecule has 0 bridgehead atoms. The third-order valence-corrected chi connectivity index (χ3v) is 2.69. The van der Waals surface area contributed by atoms with Crippen molar-refractivity contribution in [1.29, 1.82) is 0 Å². The fourth-order valence-corrected chi connectivity index (χ4v) is 1.53. The molecule has 0 radical (unpaired) electrons. The summed E-state index contributed by atoms with van der Waals surface area (Å²) >= 11 is 0. The largest absolute Gasteiger partial charge is 0.329 e. The standard InChI is InChI=1S/C10H22N2/c1-10(2,3)5-7-12-6-4-9(12)8-11/h9H,4-8,11H2,1-3H3. The monoisotopic (exact) mass is 170 g/mol. The molecular weight excluding hydrogens is 148 g/mol. The van der Waals surface area contributed by atoms with E-state index < -0.39 is 0 Å². The molecule has 1 saturated heterocycles. The summed E-state index contributed by atoms with van der Waals surface area (Å²) in [6.45, 7) is 10.2. The van der Waals surface area contributed by atoms with Crippen LogP contribution in [-0.4, -0.2) is 30.6 Å². The molecule has 1 heterocycles. The highest BCUT2D eigenvalue weighted by atomic mass is 15.2. The smallest absolute Gasteiger partial charge is 0.0230 e. The Bertz CT molecular complexity index is 135. The lowest BCUT2D eigenvalue weighted by Crippen LogP contribution is -2.52. The Kier molecular flexibility index (Phi) is 3.13. The van der Waals surface area contributed by atoms with E-state index in [1.807, 2.05) is 0 Å². The first-order valence-corrected chi connectivity index (χ1v) is 4.97. The van der Waals surface area contributed by atoms with Crippen molar-refractivity contribution in [2.75, 3.05) is 19.6 Å². The first-order chi connectivity index (χ1) is 5.53. The number of likely N-dealkylation sites (tertiary alicyclic amines) is 1. The molecule has 0 aromatic heterocycles. The Hall–Kier alpha value is -0.0800. The third kappa shape index (κ3) is 2.76. The molecule has 72 valence electrons. The minimum atomic E-state index is 0.467. The molecular formula is C10H22N2. The van der Waals surface area contributed by atoms with Gasteiger partial charge in [-0.2, -0.15) is 0 Å². The van der Waals surface area contributed by atoms with Gasteiger partial charge in [0.25, 0.3) is 0 Å². The predicted molar refractivity (Wildman–Crippen MR) is 53.1 cm³/mol. The average molecular weight is 170 g/mol. The van der Waals surface area contributed by atoms with Crippen LogP contribution in [0.2, 0.25) is 0 Å². The number of hydrogen-bond donors (Lipinski definition) is 1. The molecule has 2 nitrogen and oxygen atoms in total. The van der Waals surface area contributed by atoms with Crippen LogP contribution in [0.25, 0.3) is 0 Å². The second-order valence-corrected chi connectivity index (χ2v) is 5.02. The van der Waals surface area contributed by atoms with E-state index in [-0.39, 0.29) is 0 Å². The molecule has 2 heteroatoms. The molecule has 1 unspecified atom stereocenters. The van der Waals surface area contributed by atoms with Gasteiger partial charge in [0.2, 0.25) is 0 Å². The second kappa shape index (κ2) is 3.75. The number of hydrogen-bond acceptors (Lipinski definition) is 2. The van der Waals surface area contributed by atoms with Gasteiger partial charge in [-0.15, -0.1) is 0 Å². The maximum Gasteiger partial charge on any atom is 0.0230 e. The van der Waals surface area contributed by atoms with Crippen LogP contribution in [0.3, 0.4) is 0 Å². The van der Waals surface area contributed by atoms with Gasteiger partial charge in [0.05, 0.1) is 0 Å². The number of nitrogens with zero attached hydrogens (tertiary/aromatic N) is 1. The van der Waals surface area contributed by atoms with Crippen molar-refractivity contribution in [2.45, 2.75) is 39.7 Å². The van der Waals surface area contributed by atoms with E-state index in [0.717, 1.165) is 6.54 Å². The molecule has 0 aromatic rings. The Morgan fingerprint density at radius 2 is 2.08 bits per heavy atom. The molecule has 12 heavy (non-hydrogen) atoms. The van der Waals surface area contributed by atoms with Crippen LogP contribution in [-0.2, 0) is 0 Å². The maximum absolute atomic E-state index is 5.62. The topological polar surface area (TPSA) is 29.3 Å². The number of nitrogens with two attached hydrogens (primary N) is 1. The van der Waals surface area contributed by atoms with Crippen molar-refractivity contribution < 1.29 is 0 Å². The summed E-state index contributed by atoms with van der Waals surface area (Å²) < 4.78 is 0. The van der Waals surface area contributed by atoms with Gasteiger partial charge in [-0.3, -0.25) is 4.90 Å². The fourth-order valence-electron chi connectivity index (χ4n) is 1.53. The van der Waals surface area contributed by atoms with Crippen LogP contribution in [0.15, 0.2) is 0 Å². The Balaban J connectivity index is 2.16. The van der Waals surface area contributed by atoms with E-state index in [1.165, 1.54) is 25.9 Å². The van der Waals surface area contributed by atoms with Gasteiger partial charge in [0.1, 0.15) is 0 Å². The maximum atomic E-state index is 5.62. The lowest BCUT2D eigenvalue weighted by molar-refractivity contribution is 0.0827. The van der Waals surface area contributed by atoms with E-state index in [1.54, 1.807) is 0 Å². The summed E-state index contributed by atoms with van der Waals surface area (Å²) in [4.78, 5) is 2.51. The highest BCUT2D eigenvalue weighted by Crippen LogP contribution is 2.23. The van der Waals surface area contributed by atoms with E-state index in [4.69, 9.17) is 5.73 Å². The highest BCUT2D eigenvalue weighted by molar-refractivity contribution is 4.83. The second-order valence-electron chi connectivity index (χ2n) is 5.02. The van der Waals surface area contributed by atoms with Gasteiger partial charge in [-0.1, -0.05) is 20.8 Å². The summed E-state index contributed by atoms with van der Waals surface area (Å²) in [5.41, 5.74) is 6.09. The summed E-state index contributed by atoms with van der Waals surface area (Å²) in [6.07, 6.45) is 2.59. The molecule has 0 aliphatic carbocycles. The molecule has 0 amide bonds. The molecule has 2 N–H and O–H groups in total. The predicted octanol–water partition coefficient (Wildman–Crippen LogP) is 1.46. The van der Waals surface area contributed by atoms with E-state index >= 15 is 0 Å². The molecule has 0 saturated carbocycles. The van der Waals surface area contributed by atoms with Gasteiger partial charge in [0, 0.05) is 19.1 Å². The van der Waals surface area contributed by atoms with Gasteiger partial charge < -0.3 is 5.73 Å². The first-order valence-electron chi connectivity index (χ1n) is 4.97. The van der Waals surface area contributed by atoms with Crippen LogP contribution in [0, 0.1) is 5.41 Å². The minimum absolute atomic E-state index is 0.467. The van der Waals surface area contributed by atoms with Gasteiger partial charge in [-0.05, 0) is 24.8 Å². The Morgan fingerprint density at radius 1 is 1.42 bits per heavy atom. The molecule has 1 rings (SSSR count). The van der Waals surface area contributed by atoms with Crippen LogP contribution in [0.4, 0.5) is 0 Å².